The molecule has 0 unspecified atom stereocenters. The van der Waals surface area contributed by atoms with Gasteiger partial charge in [-0.25, -0.2) is 0 Å². The minimum absolute atomic E-state index is 0.0649. The third kappa shape index (κ3) is 4.08. The van der Waals surface area contributed by atoms with Crippen LogP contribution < -0.4 is 10.1 Å². The second kappa shape index (κ2) is 6.54. The molecule has 2 aromatic rings. The van der Waals surface area contributed by atoms with E-state index in [1.54, 1.807) is 19.1 Å². The van der Waals surface area contributed by atoms with E-state index in [9.17, 15) is 9.90 Å². The summed E-state index contributed by atoms with van der Waals surface area (Å²) < 4.78 is 5.33. The summed E-state index contributed by atoms with van der Waals surface area (Å²) in [6.07, 6.45) is 0. The lowest BCUT2D eigenvalue weighted by atomic mass is 10.1. The van der Waals surface area contributed by atoms with E-state index in [1.807, 2.05) is 35.7 Å². The van der Waals surface area contributed by atoms with Crippen molar-refractivity contribution >= 4 is 17.2 Å². The number of aliphatic hydroxyl groups is 1. The van der Waals surface area contributed by atoms with Gasteiger partial charge in [0.15, 0.2) is 6.61 Å². The van der Waals surface area contributed by atoms with Crippen LogP contribution in [0.25, 0.3) is 0 Å². The van der Waals surface area contributed by atoms with Crippen molar-refractivity contribution < 1.29 is 14.6 Å². The van der Waals surface area contributed by atoms with Gasteiger partial charge in [-0.3, -0.25) is 4.79 Å². The van der Waals surface area contributed by atoms with Crippen LogP contribution in [-0.4, -0.2) is 24.2 Å². The largest absolute Gasteiger partial charge is 0.484 e. The van der Waals surface area contributed by atoms with Crippen molar-refractivity contribution in [3.8, 4) is 5.75 Å². The molecule has 5 heteroatoms. The van der Waals surface area contributed by atoms with Crippen molar-refractivity contribution in [1.82, 2.24) is 5.32 Å². The first-order valence-electron chi connectivity index (χ1n) is 6.29. The number of benzene rings is 1. The summed E-state index contributed by atoms with van der Waals surface area (Å²) >= 11 is 1.46. The molecule has 1 aromatic heterocycles. The fraction of sp³-hybridized carbons (Fsp3) is 0.267. The van der Waals surface area contributed by atoms with Gasteiger partial charge in [0.2, 0.25) is 0 Å². The predicted molar refractivity (Wildman–Crippen MR) is 78.8 cm³/mol. The summed E-state index contributed by atoms with van der Waals surface area (Å²) in [4.78, 5) is 12.5. The topological polar surface area (TPSA) is 58.6 Å². The Balaban J connectivity index is 1.78. The van der Waals surface area contributed by atoms with E-state index in [2.05, 4.69) is 5.32 Å². The zero-order valence-electron chi connectivity index (χ0n) is 11.2. The maximum absolute atomic E-state index is 11.7. The maximum Gasteiger partial charge on any atom is 0.258 e. The number of nitrogens with one attached hydrogen (secondary N) is 1. The van der Waals surface area contributed by atoms with Crippen LogP contribution in [0.5, 0.6) is 5.75 Å². The highest BCUT2D eigenvalue weighted by Gasteiger charge is 2.24. The molecule has 1 heterocycles. The summed E-state index contributed by atoms with van der Waals surface area (Å²) in [6.45, 7) is 1.77. The predicted octanol–water partition coefficient (Wildman–Crippen LogP) is 2.15. The number of amides is 1. The first kappa shape index (κ1) is 14.6. The summed E-state index contributed by atoms with van der Waals surface area (Å²) in [6, 6.07) is 12.9. The van der Waals surface area contributed by atoms with Gasteiger partial charge >= 0.3 is 0 Å². The van der Waals surface area contributed by atoms with Crippen molar-refractivity contribution in [1.29, 1.82) is 0 Å². The molecule has 20 heavy (non-hydrogen) atoms. The fourth-order valence-electron chi connectivity index (χ4n) is 1.66. The van der Waals surface area contributed by atoms with Gasteiger partial charge in [0, 0.05) is 4.88 Å². The van der Waals surface area contributed by atoms with Crippen LogP contribution in [0.2, 0.25) is 0 Å². The van der Waals surface area contributed by atoms with E-state index in [0.29, 0.717) is 5.75 Å². The lowest BCUT2D eigenvalue weighted by Crippen LogP contribution is -2.40. The van der Waals surface area contributed by atoms with Gasteiger partial charge in [-0.1, -0.05) is 24.3 Å². The number of para-hydroxylation sites is 1. The molecule has 0 aliphatic rings. The normalized spacial score (nSPS) is 13.5. The third-order valence-corrected chi connectivity index (χ3v) is 3.92. The number of hydrogen-bond acceptors (Lipinski definition) is 4. The van der Waals surface area contributed by atoms with E-state index in [1.165, 1.54) is 11.3 Å². The number of rotatable bonds is 6. The third-order valence-electron chi connectivity index (χ3n) is 2.79. The van der Waals surface area contributed by atoms with Crippen LogP contribution in [0.4, 0.5) is 0 Å². The van der Waals surface area contributed by atoms with Crippen molar-refractivity contribution in [2.24, 2.45) is 0 Å². The number of hydrogen-bond donors (Lipinski definition) is 2. The summed E-state index contributed by atoms with van der Waals surface area (Å²) in [5.74, 6) is 0.387. The van der Waals surface area contributed by atoms with Gasteiger partial charge in [-0.2, -0.15) is 0 Å². The molecule has 0 aliphatic heterocycles. The zero-order valence-corrected chi connectivity index (χ0v) is 12.0. The quantitative estimate of drug-likeness (QED) is 0.857. The highest BCUT2D eigenvalue weighted by atomic mass is 32.1. The molecule has 0 aliphatic carbocycles. The first-order valence-corrected chi connectivity index (χ1v) is 7.17. The Bertz CT molecular complexity index is 538. The minimum Gasteiger partial charge on any atom is -0.484 e. The lowest BCUT2D eigenvalue weighted by molar-refractivity contribution is -0.124. The summed E-state index contributed by atoms with van der Waals surface area (Å²) in [7, 11) is 0. The average Bonchev–Trinajstić information content (AvgIpc) is 2.99. The van der Waals surface area contributed by atoms with Crippen LogP contribution in [0.15, 0.2) is 47.8 Å². The van der Waals surface area contributed by atoms with Crippen LogP contribution in [0.3, 0.4) is 0 Å². The van der Waals surface area contributed by atoms with Crippen molar-refractivity contribution in [2.45, 2.75) is 12.5 Å². The SMILES string of the molecule is C[C@@](O)(CNC(=O)COc1ccccc1)c1cccs1. The van der Waals surface area contributed by atoms with Crippen LogP contribution in [-0.2, 0) is 10.4 Å². The molecule has 1 atom stereocenters. The highest BCUT2D eigenvalue weighted by Crippen LogP contribution is 2.24. The average molecular weight is 291 g/mol. The molecular formula is C15H17NO3S. The molecule has 0 bridgehead atoms. The molecule has 106 valence electrons. The van der Waals surface area contributed by atoms with E-state index in [-0.39, 0.29) is 19.1 Å². The molecule has 2 N–H and O–H groups in total. The maximum atomic E-state index is 11.7. The molecule has 4 nitrogen and oxygen atoms in total. The van der Waals surface area contributed by atoms with Gasteiger partial charge < -0.3 is 15.2 Å². The van der Waals surface area contributed by atoms with E-state index in [4.69, 9.17) is 4.74 Å². The Labute approximate surface area is 122 Å². The summed E-state index contributed by atoms with van der Waals surface area (Å²) in [5.41, 5.74) is -1.06. The molecule has 2 rings (SSSR count). The molecule has 1 amide bonds. The van der Waals surface area contributed by atoms with Crippen LogP contribution in [0, 0.1) is 0 Å². The van der Waals surface area contributed by atoms with Crippen molar-refractivity contribution in [3.63, 3.8) is 0 Å². The lowest BCUT2D eigenvalue weighted by Gasteiger charge is -2.22. The van der Waals surface area contributed by atoms with Gasteiger partial charge in [0.1, 0.15) is 11.4 Å². The minimum atomic E-state index is -1.06. The molecule has 0 saturated carbocycles. The van der Waals surface area contributed by atoms with Gasteiger partial charge in [0.25, 0.3) is 5.91 Å². The van der Waals surface area contributed by atoms with E-state index >= 15 is 0 Å². The highest BCUT2D eigenvalue weighted by molar-refractivity contribution is 7.10. The van der Waals surface area contributed by atoms with Crippen molar-refractivity contribution in [2.75, 3.05) is 13.2 Å². The Hall–Kier alpha value is -1.85. The number of carbonyl (C=O) groups excluding carboxylic acids is 1. The zero-order chi connectivity index (χ0) is 14.4. The van der Waals surface area contributed by atoms with E-state index < -0.39 is 5.60 Å². The molecule has 1 aromatic carbocycles. The molecule has 0 saturated heterocycles. The van der Waals surface area contributed by atoms with Crippen LogP contribution >= 0.6 is 11.3 Å². The van der Waals surface area contributed by atoms with Gasteiger partial charge in [0.05, 0.1) is 6.54 Å². The van der Waals surface area contributed by atoms with Gasteiger partial charge in [-0.15, -0.1) is 11.3 Å². The van der Waals surface area contributed by atoms with Crippen LogP contribution in [0.1, 0.15) is 11.8 Å². The van der Waals surface area contributed by atoms with Crippen molar-refractivity contribution in [3.05, 3.63) is 52.7 Å². The molecular weight excluding hydrogens is 274 g/mol. The Morgan fingerprint density at radius 2 is 2.05 bits per heavy atom. The Kier molecular flexibility index (Phi) is 4.76. The second-order valence-electron chi connectivity index (χ2n) is 4.63. The fourth-order valence-corrected chi connectivity index (χ4v) is 2.45. The second-order valence-corrected chi connectivity index (χ2v) is 5.58. The Morgan fingerprint density at radius 3 is 2.70 bits per heavy atom. The summed E-state index contributed by atoms with van der Waals surface area (Å²) in [5, 5.41) is 14.8. The standard InChI is InChI=1S/C15H17NO3S/c1-15(18,13-8-5-9-20-13)11-16-14(17)10-19-12-6-3-2-4-7-12/h2-9,18H,10-11H2,1H3,(H,16,17)/t15-/m1/s1. The van der Waals surface area contributed by atoms with Gasteiger partial charge in [-0.05, 0) is 30.5 Å². The smallest absolute Gasteiger partial charge is 0.258 e. The Morgan fingerprint density at radius 1 is 1.30 bits per heavy atom. The number of thiophene rings is 1. The first-order chi connectivity index (χ1) is 9.58. The molecule has 0 radical (unpaired) electrons. The molecule has 0 fully saturated rings. The monoisotopic (exact) mass is 291 g/mol. The van der Waals surface area contributed by atoms with E-state index in [0.717, 1.165) is 4.88 Å². The number of carbonyl (C=O) groups is 1. The molecule has 0 spiro atoms. The number of ether oxygens (including phenoxy) is 1.